The molecule has 0 aliphatic heterocycles. The zero-order valence-corrected chi connectivity index (χ0v) is 19.0. The minimum absolute atomic E-state index is 0.00691. The van der Waals surface area contributed by atoms with Gasteiger partial charge in [0, 0.05) is 12.1 Å². The first-order valence-electron chi connectivity index (χ1n) is 12.0. The first kappa shape index (κ1) is 21.9. The molecule has 6 rings (SSSR count). The summed E-state index contributed by atoms with van der Waals surface area (Å²) in [4.78, 5) is 37.2. The van der Waals surface area contributed by atoms with Crippen molar-refractivity contribution in [3.63, 3.8) is 0 Å². The molecule has 7 heteroatoms. The van der Waals surface area contributed by atoms with E-state index in [0.717, 1.165) is 23.3 Å². The second kappa shape index (κ2) is 8.76. The molecule has 2 aromatic rings. The second-order valence-electron chi connectivity index (χ2n) is 10.3. The molecule has 4 aliphatic rings. The SMILES string of the molecule is CC(NC(=O)COC(=O)c1ccc(=O)n(Cc2ccccc2)n1)C12CC3CC(CC(C3)C1)C2. The maximum Gasteiger partial charge on any atom is 0.359 e. The summed E-state index contributed by atoms with van der Waals surface area (Å²) in [5.41, 5.74) is 0.795. The van der Waals surface area contributed by atoms with Crippen LogP contribution in [0.1, 0.15) is 61.5 Å². The molecule has 1 heterocycles. The van der Waals surface area contributed by atoms with Gasteiger partial charge in [-0.3, -0.25) is 9.59 Å². The number of aromatic nitrogens is 2. The van der Waals surface area contributed by atoms with Gasteiger partial charge in [0.1, 0.15) is 0 Å². The molecule has 1 atom stereocenters. The molecule has 0 radical (unpaired) electrons. The van der Waals surface area contributed by atoms with E-state index < -0.39 is 5.97 Å². The van der Waals surface area contributed by atoms with Crippen molar-refractivity contribution >= 4 is 11.9 Å². The number of hydrogen-bond donors (Lipinski definition) is 1. The maximum atomic E-state index is 12.6. The van der Waals surface area contributed by atoms with Crippen LogP contribution in [0.4, 0.5) is 0 Å². The van der Waals surface area contributed by atoms with Gasteiger partial charge in [-0.1, -0.05) is 30.3 Å². The summed E-state index contributed by atoms with van der Waals surface area (Å²) in [6, 6.07) is 12.1. The first-order valence-corrected chi connectivity index (χ1v) is 12.0. The normalized spacial score (nSPS) is 28.3. The van der Waals surface area contributed by atoms with E-state index in [2.05, 4.69) is 17.3 Å². The summed E-state index contributed by atoms with van der Waals surface area (Å²) in [5, 5.41) is 7.24. The highest BCUT2D eigenvalue weighted by Crippen LogP contribution is 2.61. The lowest BCUT2D eigenvalue weighted by Crippen LogP contribution is -2.56. The Kier molecular flexibility index (Phi) is 5.81. The lowest BCUT2D eigenvalue weighted by molar-refractivity contribution is -0.128. The van der Waals surface area contributed by atoms with Crippen LogP contribution < -0.4 is 10.9 Å². The number of esters is 1. The van der Waals surface area contributed by atoms with Crippen LogP contribution in [0.2, 0.25) is 0 Å². The van der Waals surface area contributed by atoms with Gasteiger partial charge in [0.15, 0.2) is 12.3 Å². The second-order valence-corrected chi connectivity index (χ2v) is 10.3. The largest absolute Gasteiger partial charge is 0.451 e. The lowest BCUT2D eigenvalue weighted by atomic mass is 9.48. The van der Waals surface area contributed by atoms with Gasteiger partial charge in [-0.15, -0.1) is 0 Å². The molecule has 4 aliphatic carbocycles. The molecule has 4 bridgehead atoms. The third kappa shape index (κ3) is 4.59. The number of benzene rings is 1. The minimum Gasteiger partial charge on any atom is -0.451 e. The van der Waals surface area contributed by atoms with Gasteiger partial charge >= 0.3 is 5.97 Å². The average molecular weight is 450 g/mol. The van der Waals surface area contributed by atoms with Crippen molar-refractivity contribution in [2.24, 2.45) is 23.2 Å². The van der Waals surface area contributed by atoms with Crippen LogP contribution in [0.5, 0.6) is 0 Å². The third-order valence-corrected chi connectivity index (χ3v) is 7.97. The van der Waals surface area contributed by atoms with E-state index in [-0.39, 0.29) is 41.8 Å². The van der Waals surface area contributed by atoms with Crippen molar-refractivity contribution < 1.29 is 14.3 Å². The van der Waals surface area contributed by atoms with Crippen molar-refractivity contribution in [3.05, 3.63) is 64.1 Å². The summed E-state index contributed by atoms with van der Waals surface area (Å²) in [5.74, 6) is 1.43. The zero-order chi connectivity index (χ0) is 23.0. The van der Waals surface area contributed by atoms with Gasteiger partial charge in [0.05, 0.1) is 6.54 Å². The average Bonchev–Trinajstić information content (AvgIpc) is 2.79. The number of nitrogens with one attached hydrogen (secondary N) is 1. The Morgan fingerprint density at radius 2 is 1.70 bits per heavy atom. The number of nitrogens with zero attached hydrogens (tertiary/aromatic N) is 2. The van der Waals surface area contributed by atoms with Crippen LogP contribution >= 0.6 is 0 Å². The number of amides is 1. The third-order valence-electron chi connectivity index (χ3n) is 7.97. The fourth-order valence-corrected chi connectivity index (χ4v) is 6.78. The number of rotatable bonds is 7. The van der Waals surface area contributed by atoms with Gasteiger partial charge in [0.2, 0.25) is 0 Å². The van der Waals surface area contributed by atoms with Crippen LogP contribution in [0.15, 0.2) is 47.3 Å². The van der Waals surface area contributed by atoms with Crippen molar-refractivity contribution in [2.75, 3.05) is 6.61 Å². The summed E-state index contributed by atoms with van der Waals surface area (Å²) in [7, 11) is 0. The number of carbonyl (C=O) groups is 2. The summed E-state index contributed by atoms with van der Waals surface area (Å²) in [6.45, 7) is 2.01. The van der Waals surface area contributed by atoms with Gasteiger partial charge in [-0.2, -0.15) is 5.10 Å². The maximum absolute atomic E-state index is 12.6. The number of carbonyl (C=O) groups excluding carboxylic acids is 2. The first-order chi connectivity index (χ1) is 15.9. The van der Waals surface area contributed by atoms with Gasteiger partial charge in [-0.05, 0) is 80.2 Å². The summed E-state index contributed by atoms with van der Waals surface area (Å²) < 4.78 is 6.45. The highest BCUT2D eigenvalue weighted by molar-refractivity contribution is 5.89. The summed E-state index contributed by atoms with van der Waals surface area (Å²) >= 11 is 0. The van der Waals surface area contributed by atoms with E-state index in [1.54, 1.807) is 0 Å². The minimum atomic E-state index is -0.714. The molecular weight excluding hydrogens is 418 g/mol. The van der Waals surface area contributed by atoms with E-state index in [1.165, 1.54) is 55.3 Å². The van der Waals surface area contributed by atoms with Gasteiger partial charge in [0.25, 0.3) is 11.5 Å². The Morgan fingerprint density at radius 3 is 2.33 bits per heavy atom. The van der Waals surface area contributed by atoms with Gasteiger partial charge < -0.3 is 10.1 Å². The summed E-state index contributed by atoms with van der Waals surface area (Å²) in [6.07, 6.45) is 7.68. The highest BCUT2D eigenvalue weighted by atomic mass is 16.5. The van der Waals surface area contributed by atoms with E-state index in [9.17, 15) is 14.4 Å². The van der Waals surface area contributed by atoms with Crippen molar-refractivity contribution in [2.45, 2.75) is 58.0 Å². The topological polar surface area (TPSA) is 90.3 Å². The van der Waals surface area contributed by atoms with Crippen molar-refractivity contribution in [1.29, 1.82) is 0 Å². The fourth-order valence-electron chi connectivity index (χ4n) is 6.78. The van der Waals surface area contributed by atoms with E-state index >= 15 is 0 Å². The molecule has 4 saturated carbocycles. The quantitative estimate of drug-likeness (QED) is 0.656. The van der Waals surface area contributed by atoms with Crippen LogP contribution in [0.25, 0.3) is 0 Å². The molecule has 33 heavy (non-hydrogen) atoms. The fraction of sp³-hybridized carbons (Fsp3) is 0.538. The Hall–Kier alpha value is -2.96. The molecule has 7 nitrogen and oxygen atoms in total. The molecule has 1 aromatic carbocycles. The van der Waals surface area contributed by atoms with Crippen molar-refractivity contribution in [1.82, 2.24) is 15.1 Å². The Balaban J connectivity index is 1.17. The zero-order valence-electron chi connectivity index (χ0n) is 19.0. The Bertz CT molecular complexity index is 1060. The monoisotopic (exact) mass is 449 g/mol. The van der Waals surface area contributed by atoms with Crippen LogP contribution in [0.3, 0.4) is 0 Å². The number of hydrogen-bond acceptors (Lipinski definition) is 5. The predicted octanol–water partition coefficient (Wildman–Crippen LogP) is 3.17. The van der Waals surface area contributed by atoms with E-state index in [0.29, 0.717) is 0 Å². The molecule has 1 aromatic heterocycles. The molecule has 0 saturated heterocycles. The van der Waals surface area contributed by atoms with Crippen LogP contribution in [-0.2, 0) is 16.1 Å². The molecule has 174 valence electrons. The molecule has 0 spiro atoms. The van der Waals surface area contributed by atoms with Crippen LogP contribution in [0, 0.1) is 23.2 Å². The molecular formula is C26H31N3O4. The highest BCUT2D eigenvalue weighted by Gasteiger charge is 2.53. The lowest BCUT2D eigenvalue weighted by Gasteiger charge is -2.59. The molecule has 4 fully saturated rings. The van der Waals surface area contributed by atoms with Gasteiger partial charge in [-0.25, -0.2) is 9.48 Å². The number of ether oxygens (including phenoxy) is 1. The molecule has 1 amide bonds. The van der Waals surface area contributed by atoms with Crippen molar-refractivity contribution in [3.8, 4) is 0 Å². The Morgan fingerprint density at radius 1 is 1.06 bits per heavy atom. The van der Waals surface area contributed by atoms with E-state index in [4.69, 9.17) is 4.74 Å². The van der Waals surface area contributed by atoms with E-state index in [1.807, 2.05) is 30.3 Å². The standard InChI is InChI=1S/C26H31N3O4/c1-17(26-12-19-9-20(13-26)11-21(10-19)14-26)27-23(30)16-33-25(32)22-7-8-24(31)29(28-22)15-18-5-3-2-4-6-18/h2-8,17,19-21H,9-16H2,1H3,(H,27,30). The Labute approximate surface area is 193 Å². The van der Waals surface area contributed by atoms with Crippen LogP contribution in [-0.4, -0.2) is 34.3 Å². The molecule has 1 N–H and O–H groups in total. The predicted molar refractivity (Wildman–Crippen MR) is 123 cm³/mol. The molecule has 1 unspecified atom stereocenters. The smallest absolute Gasteiger partial charge is 0.359 e.